The Morgan fingerprint density at radius 1 is 1.28 bits per heavy atom. The van der Waals surface area contributed by atoms with Gasteiger partial charge in [0.05, 0.1) is 0 Å². The number of H-pyrrole nitrogens is 1. The van der Waals surface area contributed by atoms with Gasteiger partial charge in [-0.05, 0) is 31.0 Å². The molecule has 0 bridgehead atoms. The summed E-state index contributed by atoms with van der Waals surface area (Å²) in [5.74, 6) is 1.59. The topological polar surface area (TPSA) is 102 Å². The predicted octanol–water partition coefficient (Wildman–Crippen LogP) is 2.59. The molecule has 0 radical (unpaired) electrons. The van der Waals surface area contributed by atoms with Gasteiger partial charge in [0.25, 0.3) is 0 Å². The molecule has 2 aromatic heterocycles. The van der Waals surface area contributed by atoms with E-state index in [0.717, 1.165) is 49.4 Å². The molecular formula is C20H26N8O. The van der Waals surface area contributed by atoms with E-state index in [1.165, 1.54) is 6.33 Å². The minimum absolute atomic E-state index is 0.261. The van der Waals surface area contributed by atoms with Crippen LogP contribution in [0.3, 0.4) is 0 Å². The molecule has 1 amide bonds. The van der Waals surface area contributed by atoms with Gasteiger partial charge in [-0.15, -0.1) is 0 Å². The molecule has 0 saturated carbocycles. The number of hydrogen-bond donors (Lipinski definition) is 3. The molecule has 3 heterocycles. The van der Waals surface area contributed by atoms with Gasteiger partial charge in [-0.25, -0.2) is 9.97 Å². The van der Waals surface area contributed by atoms with E-state index in [9.17, 15) is 4.79 Å². The summed E-state index contributed by atoms with van der Waals surface area (Å²) >= 11 is 0. The van der Waals surface area contributed by atoms with Crippen molar-refractivity contribution in [1.82, 2.24) is 24.8 Å². The summed E-state index contributed by atoms with van der Waals surface area (Å²) in [6.07, 6.45) is 4.03. The van der Waals surface area contributed by atoms with Crippen molar-refractivity contribution in [1.29, 1.82) is 0 Å². The van der Waals surface area contributed by atoms with Gasteiger partial charge < -0.3 is 25.4 Å². The van der Waals surface area contributed by atoms with Gasteiger partial charge in [0.1, 0.15) is 11.8 Å². The Morgan fingerprint density at radius 3 is 2.97 bits per heavy atom. The van der Waals surface area contributed by atoms with Gasteiger partial charge in [-0.2, -0.15) is 4.98 Å². The highest BCUT2D eigenvalue weighted by molar-refractivity contribution is 5.85. The van der Waals surface area contributed by atoms with Crippen molar-refractivity contribution >= 4 is 40.2 Å². The number of aromatic amines is 1. The zero-order valence-corrected chi connectivity index (χ0v) is 16.8. The summed E-state index contributed by atoms with van der Waals surface area (Å²) in [6.45, 7) is 2.38. The third kappa shape index (κ3) is 4.39. The van der Waals surface area contributed by atoms with Crippen LogP contribution in [0.2, 0.25) is 0 Å². The van der Waals surface area contributed by atoms with Crippen LogP contribution in [-0.4, -0.2) is 64.5 Å². The number of benzene rings is 1. The Bertz CT molecular complexity index is 999. The molecule has 0 unspecified atom stereocenters. The summed E-state index contributed by atoms with van der Waals surface area (Å²) in [5.41, 5.74) is 3.40. The van der Waals surface area contributed by atoms with Crippen LogP contribution in [-0.2, 0) is 4.79 Å². The lowest BCUT2D eigenvalue weighted by molar-refractivity contribution is -0.127. The smallest absolute Gasteiger partial charge is 0.222 e. The quantitative estimate of drug-likeness (QED) is 0.505. The standard InChI is InChI=1S/C20H26N8O/c1-27(2)15-7-3-6-14(12-15)24-20-25-17-18(22-13-23-19(17)26-20)21-9-5-11-28-10-4-8-16(28)29/h3,6-7,12-13H,4-5,8-11H2,1-2H3,(H3,21,22,23,24,25,26). The zero-order valence-electron chi connectivity index (χ0n) is 16.8. The molecule has 4 rings (SSSR count). The number of rotatable bonds is 8. The number of aromatic nitrogens is 4. The number of carbonyl (C=O) groups is 1. The van der Waals surface area contributed by atoms with Gasteiger partial charge in [-0.1, -0.05) is 6.07 Å². The molecule has 1 aliphatic heterocycles. The summed E-state index contributed by atoms with van der Waals surface area (Å²) < 4.78 is 0. The number of carbonyl (C=O) groups excluding carboxylic acids is 1. The average molecular weight is 394 g/mol. The number of nitrogens with one attached hydrogen (secondary N) is 3. The first-order chi connectivity index (χ1) is 14.1. The van der Waals surface area contributed by atoms with Crippen LogP contribution >= 0.6 is 0 Å². The van der Waals surface area contributed by atoms with Crippen molar-refractivity contribution in [3.05, 3.63) is 30.6 Å². The van der Waals surface area contributed by atoms with Gasteiger partial charge in [0.2, 0.25) is 11.9 Å². The predicted molar refractivity (Wildman–Crippen MR) is 115 cm³/mol. The number of likely N-dealkylation sites (tertiary alicyclic amines) is 1. The first-order valence-electron chi connectivity index (χ1n) is 9.87. The lowest BCUT2D eigenvalue weighted by Gasteiger charge is -2.15. The number of nitrogens with zero attached hydrogens (tertiary/aromatic N) is 5. The first kappa shape index (κ1) is 19.0. The maximum absolute atomic E-state index is 11.7. The molecule has 1 fully saturated rings. The number of imidazole rings is 1. The van der Waals surface area contributed by atoms with Crippen LogP contribution in [0.15, 0.2) is 30.6 Å². The molecule has 152 valence electrons. The van der Waals surface area contributed by atoms with E-state index in [-0.39, 0.29) is 5.91 Å². The minimum atomic E-state index is 0.261. The third-order valence-electron chi connectivity index (χ3n) is 4.98. The SMILES string of the molecule is CN(C)c1cccc(Nc2nc3ncnc(NCCCN4CCCC4=O)c3[nH]2)c1. The van der Waals surface area contributed by atoms with Crippen LogP contribution in [0.25, 0.3) is 11.2 Å². The molecule has 0 atom stereocenters. The van der Waals surface area contributed by atoms with E-state index in [0.29, 0.717) is 23.8 Å². The Labute approximate surface area is 169 Å². The maximum Gasteiger partial charge on any atom is 0.222 e. The van der Waals surface area contributed by atoms with Gasteiger partial charge >= 0.3 is 0 Å². The average Bonchev–Trinajstić information content (AvgIpc) is 3.31. The minimum Gasteiger partial charge on any atom is -0.378 e. The van der Waals surface area contributed by atoms with Crippen LogP contribution in [0.5, 0.6) is 0 Å². The zero-order chi connectivity index (χ0) is 20.2. The molecule has 9 heteroatoms. The molecule has 1 aromatic carbocycles. The Hall–Kier alpha value is -3.36. The van der Waals surface area contributed by atoms with Crippen LogP contribution in [0, 0.1) is 0 Å². The Kier molecular flexibility index (Phi) is 5.46. The van der Waals surface area contributed by atoms with Crippen LogP contribution in [0.4, 0.5) is 23.1 Å². The summed E-state index contributed by atoms with van der Waals surface area (Å²) in [6, 6.07) is 8.09. The summed E-state index contributed by atoms with van der Waals surface area (Å²) in [4.78, 5) is 32.0. The van der Waals surface area contributed by atoms with E-state index in [4.69, 9.17) is 0 Å². The summed E-state index contributed by atoms with van der Waals surface area (Å²) in [5, 5.41) is 6.62. The second kappa shape index (κ2) is 8.34. The van der Waals surface area contributed by atoms with E-state index >= 15 is 0 Å². The largest absolute Gasteiger partial charge is 0.378 e. The molecule has 1 saturated heterocycles. The van der Waals surface area contributed by atoms with Gasteiger partial charge in [-0.3, -0.25) is 4.79 Å². The fourth-order valence-electron chi connectivity index (χ4n) is 3.44. The molecular weight excluding hydrogens is 368 g/mol. The van der Waals surface area contributed by atoms with Crippen molar-refractivity contribution in [2.45, 2.75) is 19.3 Å². The first-order valence-corrected chi connectivity index (χ1v) is 9.87. The fourth-order valence-corrected chi connectivity index (χ4v) is 3.44. The highest BCUT2D eigenvalue weighted by Crippen LogP contribution is 2.23. The molecule has 0 spiro atoms. The molecule has 29 heavy (non-hydrogen) atoms. The molecule has 1 aliphatic rings. The van der Waals surface area contributed by atoms with Gasteiger partial charge in [0.15, 0.2) is 11.5 Å². The normalized spacial score (nSPS) is 13.9. The molecule has 9 nitrogen and oxygen atoms in total. The number of amides is 1. The van der Waals surface area contributed by atoms with E-state index in [1.54, 1.807) is 0 Å². The Balaban J connectivity index is 1.41. The summed E-state index contributed by atoms with van der Waals surface area (Å²) in [7, 11) is 4.01. The molecule has 0 aliphatic carbocycles. The van der Waals surface area contributed by atoms with Crippen molar-refractivity contribution < 1.29 is 4.79 Å². The van der Waals surface area contributed by atoms with Crippen molar-refractivity contribution in [2.24, 2.45) is 0 Å². The number of anilines is 4. The third-order valence-corrected chi connectivity index (χ3v) is 4.98. The van der Waals surface area contributed by atoms with Crippen molar-refractivity contribution in [3.63, 3.8) is 0 Å². The van der Waals surface area contributed by atoms with E-state index in [2.05, 4.69) is 36.6 Å². The van der Waals surface area contributed by atoms with Crippen LogP contribution in [0.1, 0.15) is 19.3 Å². The lowest BCUT2D eigenvalue weighted by atomic mass is 10.2. The van der Waals surface area contributed by atoms with E-state index < -0.39 is 0 Å². The molecule has 3 N–H and O–H groups in total. The number of hydrogen-bond acceptors (Lipinski definition) is 7. The number of fused-ring (bicyclic) bond motifs is 1. The second-order valence-electron chi connectivity index (χ2n) is 7.34. The van der Waals surface area contributed by atoms with Gasteiger partial charge in [0, 0.05) is 51.5 Å². The Morgan fingerprint density at radius 2 is 2.17 bits per heavy atom. The highest BCUT2D eigenvalue weighted by Gasteiger charge is 2.19. The van der Waals surface area contributed by atoms with E-state index in [1.807, 2.05) is 42.1 Å². The highest BCUT2D eigenvalue weighted by atomic mass is 16.2. The fraction of sp³-hybridized carbons (Fsp3) is 0.400. The molecule has 3 aromatic rings. The van der Waals surface area contributed by atoms with Crippen molar-refractivity contribution in [2.75, 3.05) is 49.3 Å². The van der Waals surface area contributed by atoms with Crippen molar-refractivity contribution in [3.8, 4) is 0 Å². The maximum atomic E-state index is 11.7. The monoisotopic (exact) mass is 394 g/mol. The lowest BCUT2D eigenvalue weighted by Crippen LogP contribution is -2.27. The van der Waals surface area contributed by atoms with Crippen LogP contribution < -0.4 is 15.5 Å². The second-order valence-corrected chi connectivity index (χ2v) is 7.34.